The van der Waals surface area contributed by atoms with Crippen LogP contribution in [0, 0.1) is 6.92 Å². The van der Waals surface area contributed by atoms with Crippen LogP contribution in [0.3, 0.4) is 0 Å². The molecule has 2 rings (SSSR count). The number of hydrogen-bond donors (Lipinski definition) is 3. The molecule has 0 spiro atoms. The van der Waals surface area contributed by atoms with Gasteiger partial charge in [-0.25, -0.2) is 4.79 Å². The van der Waals surface area contributed by atoms with Gasteiger partial charge in [0.2, 0.25) is 0 Å². The Hall–Kier alpha value is -2.38. The quantitative estimate of drug-likeness (QED) is 0.732. The molecule has 0 aromatic carbocycles. The molecule has 0 saturated carbocycles. The van der Waals surface area contributed by atoms with Crippen molar-refractivity contribution in [2.24, 2.45) is 0 Å². The second-order valence-electron chi connectivity index (χ2n) is 5.36. The van der Waals surface area contributed by atoms with Crippen molar-refractivity contribution >= 4 is 17.8 Å². The van der Waals surface area contributed by atoms with Gasteiger partial charge in [0.25, 0.3) is 0 Å². The number of amides is 2. The molecule has 1 aliphatic heterocycles. The van der Waals surface area contributed by atoms with E-state index < -0.39 is 5.97 Å². The van der Waals surface area contributed by atoms with Crippen molar-refractivity contribution in [3.05, 3.63) is 17.8 Å². The van der Waals surface area contributed by atoms with Crippen LogP contribution in [0.25, 0.3) is 0 Å². The minimum atomic E-state index is -0.929. The van der Waals surface area contributed by atoms with Crippen molar-refractivity contribution in [3.63, 3.8) is 0 Å². The number of anilines is 1. The third kappa shape index (κ3) is 4.87. The van der Waals surface area contributed by atoms with Crippen molar-refractivity contribution in [2.75, 3.05) is 24.5 Å². The van der Waals surface area contributed by atoms with E-state index in [9.17, 15) is 9.59 Å². The Bertz CT molecular complexity index is 520. The number of aromatic nitrogens is 2. The third-order valence-electron chi connectivity index (χ3n) is 3.49. The Morgan fingerprint density at radius 1 is 1.41 bits per heavy atom. The highest BCUT2D eigenvalue weighted by atomic mass is 16.4. The van der Waals surface area contributed by atoms with Gasteiger partial charge in [-0.2, -0.15) is 5.10 Å². The van der Waals surface area contributed by atoms with Crippen LogP contribution in [-0.2, 0) is 4.79 Å². The van der Waals surface area contributed by atoms with Gasteiger partial charge in [-0.3, -0.25) is 4.79 Å². The van der Waals surface area contributed by atoms with E-state index >= 15 is 0 Å². The Balaban J connectivity index is 1.81. The summed E-state index contributed by atoms with van der Waals surface area (Å²) in [4.78, 5) is 24.2. The van der Waals surface area contributed by atoms with Gasteiger partial charge in [-0.15, -0.1) is 5.10 Å². The molecule has 1 fully saturated rings. The molecule has 1 atom stereocenters. The summed E-state index contributed by atoms with van der Waals surface area (Å²) in [7, 11) is 0. The first-order valence-corrected chi connectivity index (χ1v) is 7.36. The lowest BCUT2D eigenvalue weighted by Crippen LogP contribution is -2.51. The Kier molecular flexibility index (Phi) is 5.51. The Morgan fingerprint density at radius 3 is 2.91 bits per heavy atom. The first-order valence-electron chi connectivity index (χ1n) is 7.36. The highest BCUT2D eigenvalue weighted by Crippen LogP contribution is 2.17. The number of aliphatic carboxylic acids is 1. The van der Waals surface area contributed by atoms with E-state index in [1.807, 2.05) is 19.1 Å². The molecule has 8 nitrogen and oxygen atoms in total. The molecule has 1 aromatic heterocycles. The number of hydrogen-bond acceptors (Lipinski definition) is 5. The molecule has 0 aliphatic carbocycles. The smallest absolute Gasteiger partial charge is 0.315 e. The molecule has 1 saturated heterocycles. The van der Waals surface area contributed by atoms with E-state index in [-0.39, 0.29) is 25.0 Å². The maximum absolute atomic E-state index is 11.7. The number of nitrogens with one attached hydrogen (secondary N) is 2. The lowest BCUT2D eigenvalue weighted by atomic mass is 10.1. The Labute approximate surface area is 128 Å². The fraction of sp³-hybridized carbons (Fsp3) is 0.571. The molecule has 8 heteroatoms. The van der Waals surface area contributed by atoms with Gasteiger partial charge in [0.05, 0.1) is 12.1 Å². The van der Waals surface area contributed by atoms with Crippen molar-refractivity contribution in [1.82, 2.24) is 20.8 Å². The van der Waals surface area contributed by atoms with Crippen LogP contribution >= 0.6 is 0 Å². The molecule has 1 aromatic rings. The molecule has 1 aliphatic rings. The summed E-state index contributed by atoms with van der Waals surface area (Å²) in [5, 5.41) is 22.2. The van der Waals surface area contributed by atoms with Crippen molar-refractivity contribution in [2.45, 2.75) is 32.2 Å². The summed E-state index contributed by atoms with van der Waals surface area (Å²) in [6.07, 6.45) is 1.76. The average Bonchev–Trinajstić information content (AvgIpc) is 2.48. The molecule has 3 N–H and O–H groups in total. The van der Waals surface area contributed by atoms with Crippen molar-refractivity contribution in [1.29, 1.82) is 0 Å². The lowest BCUT2D eigenvalue weighted by Gasteiger charge is -2.33. The van der Waals surface area contributed by atoms with Gasteiger partial charge in [-0.1, -0.05) is 0 Å². The standard InChI is InChI=1S/C14H21N5O3/c1-10-4-5-12(18-17-10)19-8-2-3-11(9-19)16-14(22)15-7-6-13(20)21/h4-5,11H,2-3,6-9H2,1H3,(H,20,21)(H2,15,16,22). The number of carboxylic acid groups (broad SMARTS) is 1. The number of urea groups is 1. The van der Waals surface area contributed by atoms with Crippen LogP contribution in [0.15, 0.2) is 12.1 Å². The van der Waals surface area contributed by atoms with E-state index in [2.05, 4.69) is 25.7 Å². The summed E-state index contributed by atoms with van der Waals surface area (Å²) >= 11 is 0. The summed E-state index contributed by atoms with van der Waals surface area (Å²) in [5.41, 5.74) is 0.869. The number of aryl methyl sites for hydroxylation is 1. The maximum Gasteiger partial charge on any atom is 0.315 e. The van der Waals surface area contributed by atoms with Crippen LogP contribution in [0.2, 0.25) is 0 Å². The Morgan fingerprint density at radius 2 is 2.23 bits per heavy atom. The molecule has 22 heavy (non-hydrogen) atoms. The average molecular weight is 307 g/mol. The molecule has 2 amide bonds. The highest BCUT2D eigenvalue weighted by molar-refractivity contribution is 5.75. The lowest BCUT2D eigenvalue weighted by molar-refractivity contribution is -0.136. The van der Waals surface area contributed by atoms with Gasteiger partial charge in [-0.05, 0) is 31.9 Å². The van der Waals surface area contributed by atoms with Gasteiger partial charge < -0.3 is 20.6 Å². The normalized spacial score (nSPS) is 17.9. The first kappa shape index (κ1) is 16.0. The number of carbonyl (C=O) groups is 2. The number of piperidine rings is 1. The SMILES string of the molecule is Cc1ccc(N2CCCC(NC(=O)NCCC(=O)O)C2)nn1. The number of carboxylic acids is 1. The van der Waals surface area contributed by atoms with Crippen LogP contribution in [0.5, 0.6) is 0 Å². The largest absolute Gasteiger partial charge is 0.481 e. The van der Waals surface area contributed by atoms with E-state index in [1.54, 1.807) is 0 Å². The summed E-state index contributed by atoms with van der Waals surface area (Å²) in [6.45, 7) is 3.57. The minimum absolute atomic E-state index is 0.0154. The maximum atomic E-state index is 11.7. The number of carbonyl (C=O) groups excluding carboxylic acids is 1. The van der Waals surface area contributed by atoms with Crippen molar-refractivity contribution in [3.8, 4) is 0 Å². The molecular weight excluding hydrogens is 286 g/mol. The van der Waals surface area contributed by atoms with E-state index in [1.165, 1.54) is 0 Å². The van der Waals surface area contributed by atoms with Crippen molar-refractivity contribution < 1.29 is 14.7 Å². The fourth-order valence-electron chi connectivity index (χ4n) is 2.38. The van der Waals surface area contributed by atoms with Crippen LogP contribution < -0.4 is 15.5 Å². The fourth-order valence-corrected chi connectivity index (χ4v) is 2.38. The monoisotopic (exact) mass is 307 g/mol. The van der Waals surface area contributed by atoms with E-state index in [0.29, 0.717) is 6.54 Å². The van der Waals surface area contributed by atoms with Crippen LogP contribution in [-0.4, -0.2) is 53.0 Å². The first-order chi connectivity index (χ1) is 10.5. The molecule has 120 valence electrons. The summed E-state index contributed by atoms with van der Waals surface area (Å²) < 4.78 is 0. The zero-order valence-corrected chi connectivity index (χ0v) is 12.6. The van der Waals surface area contributed by atoms with Gasteiger partial charge in [0, 0.05) is 25.7 Å². The van der Waals surface area contributed by atoms with Gasteiger partial charge in [0.15, 0.2) is 5.82 Å². The van der Waals surface area contributed by atoms with E-state index in [4.69, 9.17) is 5.11 Å². The third-order valence-corrected chi connectivity index (χ3v) is 3.49. The predicted octanol–water partition coefficient (Wildman–Crippen LogP) is 0.528. The molecule has 1 unspecified atom stereocenters. The van der Waals surface area contributed by atoms with Gasteiger partial charge in [0.1, 0.15) is 0 Å². The van der Waals surface area contributed by atoms with E-state index in [0.717, 1.165) is 30.9 Å². The van der Waals surface area contributed by atoms with Crippen LogP contribution in [0.4, 0.5) is 10.6 Å². The van der Waals surface area contributed by atoms with Gasteiger partial charge >= 0.3 is 12.0 Å². The second kappa shape index (κ2) is 7.58. The zero-order valence-electron chi connectivity index (χ0n) is 12.6. The molecule has 0 bridgehead atoms. The zero-order chi connectivity index (χ0) is 15.9. The second-order valence-corrected chi connectivity index (χ2v) is 5.36. The summed E-state index contributed by atoms with van der Waals surface area (Å²) in [6, 6.07) is 3.53. The minimum Gasteiger partial charge on any atom is -0.481 e. The predicted molar refractivity (Wildman–Crippen MR) is 80.8 cm³/mol. The highest BCUT2D eigenvalue weighted by Gasteiger charge is 2.22. The number of rotatable bonds is 5. The molecule has 2 heterocycles. The summed E-state index contributed by atoms with van der Waals surface area (Å²) in [5.74, 6) is -0.120. The van der Waals surface area contributed by atoms with Crippen LogP contribution in [0.1, 0.15) is 25.0 Å². The topological polar surface area (TPSA) is 107 Å². The molecule has 0 radical (unpaired) electrons. The molecular formula is C14H21N5O3. The number of nitrogens with zero attached hydrogens (tertiary/aromatic N) is 3.